The fourth-order valence-corrected chi connectivity index (χ4v) is 2.90. The van der Waals surface area contributed by atoms with E-state index in [1.165, 1.54) is 24.3 Å². The molecule has 1 aromatic heterocycles. The van der Waals surface area contributed by atoms with Gasteiger partial charge in [-0.05, 0) is 42.0 Å². The number of methoxy groups -OCH3 is 1. The van der Waals surface area contributed by atoms with Crippen molar-refractivity contribution in [3.8, 4) is 5.75 Å². The van der Waals surface area contributed by atoms with Crippen molar-refractivity contribution in [2.24, 2.45) is 0 Å². The number of carbonyl (C=O) groups excluding carboxylic acids is 2. The van der Waals surface area contributed by atoms with Crippen LogP contribution in [0.3, 0.4) is 0 Å². The Bertz CT molecular complexity index is 1070. The highest BCUT2D eigenvalue weighted by atomic mass is 19.1. The normalized spacial score (nSPS) is 10.8. The number of ether oxygens (including phenoxy) is 3. The lowest BCUT2D eigenvalue weighted by Gasteiger charge is -2.07. The molecule has 1 heterocycles. The summed E-state index contributed by atoms with van der Waals surface area (Å²) in [7, 11) is 1.57. The van der Waals surface area contributed by atoms with Gasteiger partial charge in [0.2, 0.25) is 0 Å². The van der Waals surface area contributed by atoms with E-state index in [0.717, 1.165) is 0 Å². The highest BCUT2D eigenvalue weighted by Crippen LogP contribution is 2.26. The molecule has 2 amide bonds. The molecule has 10 heteroatoms. The Hall–Kier alpha value is -3.47. The van der Waals surface area contributed by atoms with Crippen molar-refractivity contribution in [3.05, 3.63) is 65.2 Å². The number of amides is 2. The summed E-state index contributed by atoms with van der Waals surface area (Å²) in [4.78, 5) is 23.7. The average Bonchev–Trinajstić information content (AvgIpc) is 3.27. The molecule has 0 unspecified atom stereocenters. The van der Waals surface area contributed by atoms with Crippen LogP contribution in [0.1, 0.15) is 26.5 Å². The van der Waals surface area contributed by atoms with E-state index in [9.17, 15) is 14.0 Å². The average molecular weight is 446 g/mol. The van der Waals surface area contributed by atoms with Crippen molar-refractivity contribution < 1.29 is 37.8 Å². The summed E-state index contributed by atoms with van der Waals surface area (Å²) in [5.41, 5.74) is 2.50. The van der Waals surface area contributed by atoms with Crippen LogP contribution in [0.15, 0.2) is 46.9 Å². The van der Waals surface area contributed by atoms with Crippen molar-refractivity contribution >= 4 is 22.8 Å². The Morgan fingerprint density at radius 3 is 2.56 bits per heavy atom. The molecule has 0 aliphatic rings. The van der Waals surface area contributed by atoms with Crippen LogP contribution in [0.2, 0.25) is 0 Å². The minimum atomic E-state index is -0.629. The molecule has 0 atom stereocenters. The van der Waals surface area contributed by atoms with Crippen molar-refractivity contribution in [2.75, 3.05) is 33.5 Å². The van der Waals surface area contributed by atoms with E-state index in [1.807, 2.05) is 0 Å². The molecule has 0 saturated heterocycles. The third-order valence-electron chi connectivity index (χ3n) is 4.51. The lowest BCUT2D eigenvalue weighted by atomic mass is 10.1. The molecule has 9 nitrogen and oxygen atoms in total. The van der Waals surface area contributed by atoms with E-state index in [4.69, 9.17) is 23.8 Å². The number of furan rings is 1. The first-order valence-corrected chi connectivity index (χ1v) is 9.76. The first kappa shape index (κ1) is 23.2. The van der Waals surface area contributed by atoms with Gasteiger partial charge in [0.15, 0.2) is 17.2 Å². The van der Waals surface area contributed by atoms with Crippen LogP contribution < -0.4 is 15.5 Å². The predicted molar refractivity (Wildman–Crippen MR) is 111 cm³/mol. The first-order chi connectivity index (χ1) is 15.5. The van der Waals surface area contributed by atoms with Crippen LogP contribution in [0.4, 0.5) is 4.39 Å². The van der Waals surface area contributed by atoms with Gasteiger partial charge in [-0.1, -0.05) is 6.07 Å². The van der Waals surface area contributed by atoms with Crippen LogP contribution in [0.5, 0.6) is 5.75 Å². The molecule has 3 rings (SSSR count). The van der Waals surface area contributed by atoms with Gasteiger partial charge in [0, 0.05) is 18.1 Å². The third kappa shape index (κ3) is 5.82. The van der Waals surface area contributed by atoms with Crippen molar-refractivity contribution in [1.82, 2.24) is 10.8 Å². The SMILES string of the molecule is COCCOCc1ccc(F)c2oc(C(=O)NCCOc3ccc(C(=O)NO)cc3)cc12. The van der Waals surface area contributed by atoms with Crippen LogP contribution >= 0.6 is 0 Å². The predicted octanol–water partition coefficient (Wildman–Crippen LogP) is 2.66. The standard InChI is InChI=1S/C22H23FN2O7/c1-29-10-11-30-13-15-4-7-18(23)20-17(15)12-19(32-20)22(27)24-8-9-31-16-5-2-14(3-6-16)21(26)25-28/h2-7,12,28H,8-11,13H2,1H3,(H,24,27)(H,25,26). The first-order valence-electron chi connectivity index (χ1n) is 9.76. The third-order valence-corrected chi connectivity index (χ3v) is 4.51. The highest BCUT2D eigenvalue weighted by molar-refractivity contribution is 5.97. The largest absolute Gasteiger partial charge is 0.492 e. The number of benzene rings is 2. The molecular formula is C22H23FN2O7. The molecule has 0 aliphatic carbocycles. The number of carbonyl (C=O) groups is 2. The van der Waals surface area contributed by atoms with E-state index in [1.54, 1.807) is 30.8 Å². The molecule has 170 valence electrons. The van der Waals surface area contributed by atoms with Crippen molar-refractivity contribution in [1.29, 1.82) is 0 Å². The molecule has 3 N–H and O–H groups in total. The summed E-state index contributed by atoms with van der Waals surface area (Å²) in [5.74, 6) is -1.25. The number of hydrogen-bond donors (Lipinski definition) is 3. The molecule has 0 aliphatic heterocycles. The second kappa shape index (κ2) is 11.2. The molecule has 0 fully saturated rings. The molecule has 2 aromatic carbocycles. The summed E-state index contributed by atoms with van der Waals surface area (Å²) < 4.78 is 35.5. The second-order valence-corrected chi connectivity index (χ2v) is 6.68. The summed E-state index contributed by atoms with van der Waals surface area (Å²) in [6.45, 7) is 1.38. The van der Waals surface area contributed by atoms with Crippen LogP contribution in [0, 0.1) is 5.82 Å². The summed E-state index contributed by atoms with van der Waals surface area (Å²) in [6.07, 6.45) is 0. The van der Waals surface area contributed by atoms with Gasteiger partial charge in [0.25, 0.3) is 11.8 Å². The van der Waals surface area contributed by atoms with Gasteiger partial charge in [0.1, 0.15) is 12.4 Å². The molecule has 0 bridgehead atoms. The fourth-order valence-electron chi connectivity index (χ4n) is 2.90. The van der Waals surface area contributed by atoms with Crippen molar-refractivity contribution in [3.63, 3.8) is 0 Å². The van der Waals surface area contributed by atoms with Crippen LogP contribution in [0.25, 0.3) is 11.0 Å². The maximum atomic E-state index is 14.1. The maximum Gasteiger partial charge on any atom is 0.287 e. The van der Waals surface area contributed by atoms with Crippen LogP contribution in [-0.2, 0) is 16.1 Å². The maximum absolute atomic E-state index is 14.1. The zero-order valence-corrected chi connectivity index (χ0v) is 17.4. The van der Waals surface area contributed by atoms with Gasteiger partial charge in [-0.15, -0.1) is 0 Å². The molecule has 3 aromatic rings. The zero-order chi connectivity index (χ0) is 22.9. The highest BCUT2D eigenvalue weighted by Gasteiger charge is 2.17. The molecule has 0 radical (unpaired) electrons. The zero-order valence-electron chi connectivity index (χ0n) is 17.4. The van der Waals surface area contributed by atoms with Gasteiger partial charge in [-0.3, -0.25) is 14.8 Å². The number of nitrogens with one attached hydrogen (secondary N) is 2. The molecule has 0 saturated carbocycles. The lowest BCUT2D eigenvalue weighted by Crippen LogP contribution is -2.27. The smallest absolute Gasteiger partial charge is 0.287 e. The fraction of sp³-hybridized carbons (Fsp3) is 0.273. The van der Waals surface area contributed by atoms with E-state index < -0.39 is 17.6 Å². The number of hydroxylamine groups is 1. The van der Waals surface area contributed by atoms with Gasteiger partial charge in [-0.2, -0.15) is 0 Å². The van der Waals surface area contributed by atoms with Crippen molar-refractivity contribution in [2.45, 2.75) is 6.61 Å². The second-order valence-electron chi connectivity index (χ2n) is 6.68. The molecule has 32 heavy (non-hydrogen) atoms. The molecular weight excluding hydrogens is 423 g/mol. The summed E-state index contributed by atoms with van der Waals surface area (Å²) in [5, 5.41) is 11.7. The quantitative estimate of drug-likeness (QED) is 0.235. The van der Waals surface area contributed by atoms with Gasteiger partial charge < -0.3 is 23.9 Å². The topological polar surface area (TPSA) is 119 Å². The number of fused-ring (bicyclic) bond motifs is 1. The minimum absolute atomic E-state index is 0.00810. The monoisotopic (exact) mass is 446 g/mol. The Kier molecular flexibility index (Phi) is 8.14. The van der Waals surface area contributed by atoms with Gasteiger partial charge in [-0.25, -0.2) is 9.87 Å². The Balaban J connectivity index is 1.55. The minimum Gasteiger partial charge on any atom is -0.492 e. The van der Waals surface area contributed by atoms with E-state index >= 15 is 0 Å². The van der Waals surface area contributed by atoms with E-state index in [0.29, 0.717) is 29.9 Å². The van der Waals surface area contributed by atoms with Gasteiger partial charge >= 0.3 is 0 Å². The van der Waals surface area contributed by atoms with Crippen LogP contribution in [-0.4, -0.2) is 50.5 Å². The Morgan fingerprint density at radius 2 is 1.84 bits per heavy atom. The van der Waals surface area contributed by atoms with Gasteiger partial charge in [0.05, 0.1) is 26.4 Å². The molecule has 0 spiro atoms. The summed E-state index contributed by atoms with van der Waals surface area (Å²) >= 11 is 0. The van der Waals surface area contributed by atoms with E-state index in [-0.39, 0.29) is 36.7 Å². The number of rotatable bonds is 11. The number of hydrogen-bond acceptors (Lipinski definition) is 7. The summed E-state index contributed by atoms with van der Waals surface area (Å²) in [6, 6.07) is 10.4. The number of halogens is 1. The lowest BCUT2D eigenvalue weighted by molar-refractivity contribution is 0.0621. The Labute approximate surface area is 183 Å². The van der Waals surface area contributed by atoms with E-state index in [2.05, 4.69) is 5.32 Å². The Morgan fingerprint density at radius 1 is 1.06 bits per heavy atom.